The van der Waals surface area contributed by atoms with E-state index in [0.717, 1.165) is 39.1 Å². The highest BCUT2D eigenvalue weighted by molar-refractivity contribution is 9.10. The lowest BCUT2D eigenvalue weighted by atomic mass is 10.1. The number of anilines is 2. The van der Waals surface area contributed by atoms with E-state index in [1.807, 2.05) is 27.0 Å². The van der Waals surface area contributed by atoms with Crippen LogP contribution in [0.2, 0.25) is 0 Å². The van der Waals surface area contributed by atoms with Crippen molar-refractivity contribution in [3.05, 3.63) is 63.9 Å². The summed E-state index contributed by atoms with van der Waals surface area (Å²) in [5.74, 6) is 1.72. The van der Waals surface area contributed by atoms with E-state index in [2.05, 4.69) is 48.3 Å². The zero-order valence-corrected chi connectivity index (χ0v) is 18.7. The molecule has 1 aromatic carbocycles. The predicted octanol–water partition coefficient (Wildman–Crippen LogP) is 4.89. The molecule has 4 rings (SSSR count). The molecule has 154 valence electrons. The Morgan fingerprint density at radius 2 is 1.83 bits per heavy atom. The monoisotopic (exact) mass is 469 g/mol. The third-order valence-electron chi connectivity index (χ3n) is 4.94. The van der Waals surface area contributed by atoms with Gasteiger partial charge in [0, 0.05) is 24.2 Å². The van der Waals surface area contributed by atoms with Gasteiger partial charge in [-0.3, -0.25) is 4.68 Å². The van der Waals surface area contributed by atoms with Gasteiger partial charge in [0.25, 0.3) is 0 Å². The Kier molecular flexibility index (Phi) is 5.38. The zero-order valence-electron chi connectivity index (χ0n) is 17.1. The molecule has 0 fully saturated rings. The molecular formula is C21H21BrFN7. The van der Waals surface area contributed by atoms with Crippen LogP contribution in [-0.2, 0) is 13.5 Å². The normalized spacial score (nSPS) is 11.1. The molecule has 30 heavy (non-hydrogen) atoms. The second-order valence-corrected chi connectivity index (χ2v) is 7.74. The highest BCUT2D eigenvalue weighted by Crippen LogP contribution is 2.31. The van der Waals surface area contributed by atoms with Crippen LogP contribution in [-0.4, -0.2) is 29.5 Å². The number of aryl methyl sites for hydroxylation is 2. The highest BCUT2D eigenvalue weighted by Gasteiger charge is 2.18. The first-order valence-electron chi connectivity index (χ1n) is 9.52. The van der Waals surface area contributed by atoms with Crippen LogP contribution in [0.1, 0.15) is 23.9 Å². The summed E-state index contributed by atoms with van der Waals surface area (Å²) in [5.41, 5.74) is 4.73. The van der Waals surface area contributed by atoms with Gasteiger partial charge in [0.2, 0.25) is 0 Å². The Bertz CT molecular complexity index is 1210. The standard InChI is InChI=1S/C21H21BrFN7/c1-5-16-20(14-6-8-15(23)9-7-14)29(4)28-21(16)26-17-10-18(25-11-24-17)30-13(3)19(22)12(2)27-30/h6-11H,5H2,1-4H3,(H,24,25,26,28). The summed E-state index contributed by atoms with van der Waals surface area (Å²) in [7, 11) is 1.88. The number of rotatable bonds is 5. The van der Waals surface area contributed by atoms with E-state index >= 15 is 0 Å². The third kappa shape index (κ3) is 3.60. The molecule has 0 saturated carbocycles. The van der Waals surface area contributed by atoms with Crippen molar-refractivity contribution in [2.24, 2.45) is 7.05 Å². The Morgan fingerprint density at radius 3 is 2.47 bits per heavy atom. The average Bonchev–Trinajstić information content (AvgIpc) is 3.19. The molecule has 4 aromatic rings. The van der Waals surface area contributed by atoms with Crippen molar-refractivity contribution in [2.45, 2.75) is 27.2 Å². The average molecular weight is 470 g/mol. The number of hydrogen-bond acceptors (Lipinski definition) is 5. The lowest BCUT2D eigenvalue weighted by Crippen LogP contribution is -2.05. The molecule has 0 saturated heterocycles. The molecule has 0 bridgehead atoms. The summed E-state index contributed by atoms with van der Waals surface area (Å²) in [4.78, 5) is 8.70. The van der Waals surface area contributed by atoms with Gasteiger partial charge in [-0.15, -0.1) is 0 Å². The van der Waals surface area contributed by atoms with Gasteiger partial charge in [0.05, 0.1) is 21.6 Å². The van der Waals surface area contributed by atoms with E-state index in [1.54, 1.807) is 21.5 Å². The van der Waals surface area contributed by atoms with Crippen molar-refractivity contribution in [3.63, 3.8) is 0 Å². The SMILES string of the molecule is CCc1c(Nc2cc(-n3nc(C)c(Br)c3C)ncn2)nn(C)c1-c1ccc(F)cc1. The van der Waals surface area contributed by atoms with Crippen molar-refractivity contribution in [3.8, 4) is 17.1 Å². The van der Waals surface area contributed by atoms with Crippen LogP contribution in [0.4, 0.5) is 16.0 Å². The van der Waals surface area contributed by atoms with Gasteiger partial charge in [-0.05, 0) is 60.5 Å². The molecule has 0 unspecified atom stereocenters. The van der Waals surface area contributed by atoms with E-state index in [9.17, 15) is 4.39 Å². The van der Waals surface area contributed by atoms with Crippen molar-refractivity contribution >= 4 is 27.6 Å². The molecule has 0 spiro atoms. The molecule has 0 radical (unpaired) electrons. The van der Waals surface area contributed by atoms with E-state index in [1.165, 1.54) is 18.5 Å². The van der Waals surface area contributed by atoms with Crippen LogP contribution in [0.5, 0.6) is 0 Å². The highest BCUT2D eigenvalue weighted by atomic mass is 79.9. The maximum atomic E-state index is 13.4. The fraction of sp³-hybridized carbons (Fsp3) is 0.238. The summed E-state index contributed by atoms with van der Waals surface area (Å²) in [6.45, 7) is 5.97. The Labute approximate surface area is 182 Å². The zero-order chi connectivity index (χ0) is 21.4. The van der Waals surface area contributed by atoms with Crippen LogP contribution < -0.4 is 5.32 Å². The number of halogens is 2. The Morgan fingerprint density at radius 1 is 1.10 bits per heavy atom. The lowest BCUT2D eigenvalue weighted by molar-refractivity contribution is 0.628. The van der Waals surface area contributed by atoms with Crippen molar-refractivity contribution in [2.75, 3.05) is 5.32 Å². The van der Waals surface area contributed by atoms with Crippen molar-refractivity contribution in [1.82, 2.24) is 29.5 Å². The minimum Gasteiger partial charge on any atom is -0.323 e. The maximum Gasteiger partial charge on any atom is 0.159 e. The molecule has 0 aliphatic carbocycles. The molecular weight excluding hydrogens is 449 g/mol. The second kappa shape index (κ2) is 7.98. The fourth-order valence-corrected chi connectivity index (χ4v) is 3.72. The first kappa shape index (κ1) is 20.2. The number of benzene rings is 1. The van der Waals surface area contributed by atoms with Crippen molar-refractivity contribution in [1.29, 1.82) is 0 Å². The quantitative estimate of drug-likeness (QED) is 0.450. The molecule has 0 amide bonds. The van der Waals surface area contributed by atoms with E-state index < -0.39 is 0 Å². The van der Waals surface area contributed by atoms with Gasteiger partial charge in [-0.25, -0.2) is 19.0 Å². The van der Waals surface area contributed by atoms with Gasteiger partial charge in [0.1, 0.15) is 18.0 Å². The molecule has 9 heteroatoms. The fourth-order valence-electron chi connectivity index (χ4n) is 3.47. The van der Waals surface area contributed by atoms with Gasteiger partial charge in [-0.1, -0.05) is 6.92 Å². The number of nitrogens with zero attached hydrogens (tertiary/aromatic N) is 6. The summed E-state index contributed by atoms with van der Waals surface area (Å²) in [6, 6.07) is 8.27. The first-order chi connectivity index (χ1) is 14.4. The molecule has 7 nitrogen and oxygen atoms in total. The van der Waals surface area contributed by atoms with E-state index in [4.69, 9.17) is 0 Å². The molecule has 0 aliphatic heterocycles. The predicted molar refractivity (Wildman–Crippen MR) is 118 cm³/mol. The van der Waals surface area contributed by atoms with E-state index in [0.29, 0.717) is 17.5 Å². The van der Waals surface area contributed by atoms with Crippen LogP contribution >= 0.6 is 15.9 Å². The molecule has 3 aromatic heterocycles. The van der Waals surface area contributed by atoms with Gasteiger partial charge >= 0.3 is 0 Å². The minimum absolute atomic E-state index is 0.262. The second-order valence-electron chi connectivity index (χ2n) is 6.94. The topological polar surface area (TPSA) is 73.5 Å². The minimum atomic E-state index is -0.262. The van der Waals surface area contributed by atoms with Gasteiger partial charge in [0.15, 0.2) is 11.6 Å². The van der Waals surface area contributed by atoms with Gasteiger partial charge in [-0.2, -0.15) is 10.2 Å². The molecule has 0 atom stereocenters. The summed E-state index contributed by atoms with van der Waals surface area (Å²) in [6.07, 6.45) is 2.25. The van der Waals surface area contributed by atoms with Crippen LogP contribution in [0.25, 0.3) is 17.1 Å². The van der Waals surface area contributed by atoms with Crippen LogP contribution in [0, 0.1) is 19.7 Å². The first-order valence-corrected chi connectivity index (χ1v) is 10.3. The van der Waals surface area contributed by atoms with E-state index in [-0.39, 0.29) is 5.82 Å². The molecule has 0 aliphatic rings. The van der Waals surface area contributed by atoms with Gasteiger partial charge < -0.3 is 5.32 Å². The maximum absolute atomic E-state index is 13.4. The number of aromatic nitrogens is 6. The van der Waals surface area contributed by atoms with Crippen LogP contribution in [0.3, 0.4) is 0 Å². The summed E-state index contributed by atoms with van der Waals surface area (Å²) < 4.78 is 17.9. The largest absolute Gasteiger partial charge is 0.323 e. The third-order valence-corrected chi connectivity index (χ3v) is 6.08. The molecule has 3 heterocycles. The summed E-state index contributed by atoms with van der Waals surface area (Å²) in [5, 5.41) is 12.5. The number of hydrogen-bond donors (Lipinski definition) is 1. The Hall–Kier alpha value is -3.07. The smallest absolute Gasteiger partial charge is 0.159 e. The summed E-state index contributed by atoms with van der Waals surface area (Å²) >= 11 is 3.55. The lowest BCUT2D eigenvalue weighted by Gasteiger charge is -2.08. The molecule has 1 N–H and O–H groups in total. The Balaban J connectivity index is 1.71. The van der Waals surface area contributed by atoms with Crippen molar-refractivity contribution < 1.29 is 4.39 Å². The number of nitrogens with one attached hydrogen (secondary N) is 1. The van der Waals surface area contributed by atoms with Crippen LogP contribution in [0.15, 0.2) is 41.1 Å².